The van der Waals surface area contributed by atoms with Gasteiger partial charge < -0.3 is 10.6 Å². The van der Waals surface area contributed by atoms with E-state index in [2.05, 4.69) is 42.0 Å². The third kappa shape index (κ3) is 4.22. The second-order valence-electron chi connectivity index (χ2n) is 5.26. The molecular formula is C16H19ClN2OS. The number of rotatable bonds is 5. The van der Waals surface area contributed by atoms with Crippen LogP contribution in [-0.2, 0) is 4.79 Å². The molecular weight excluding hydrogens is 304 g/mol. The van der Waals surface area contributed by atoms with Gasteiger partial charge in [0.1, 0.15) is 0 Å². The Morgan fingerprint density at radius 3 is 2.57 bits per heavy atom. The van der Waals surface area contributed by atoms with Crippen LogP contribution in [0.5, 0.6) is 0 Å². The Labute approximate surface area is 134 Å². The molecule has 3 nitrogen and oxygen atoms in total. The lowest BCUT2D eigenvalue weighted by Crippen LogP contribution is -2.15. The Kier molecular flexibility index (Phi) is 5.26. The van der Waals surface area contributed by atoms with E-state index in [0.717, 1.165) is 5.69 Å². The number of hydrogen-bond donors (Lipinski definition) is 2. The zero-order valence-corrected chi connectivity index (χ0v) is 13.9. The summed E-state index contributed by atoms with van der Waals surface area (Å²) in [6, 6.07) is 10.0. The molecule has 0 spiro atoms. The summed E-state index contributed by atoms with van der Waals surface area (Å²) in [4.78, 5) is 12.4. The van der Waals surface area contributed by atoms with Crippen molar-refractivity contribution >= 4 is 40.2 Å². The van der Waals surface area contributed by atoms with Crippen molar-refractivity contribution in [1.29, 1.82) is 0 Å². The SMILES string of the molecule is CC(=O)Nc1ccc(NC(c2cccs2)C(C)C)cc1Cl. The van der Waals surface area contributed by atoms with Crippen molar-refractivity contribution in [3.63, 3.8) is 0 Å². The van der Waals surface area contributed by atoms with Crippen molar-refractivity contribution in [3.8, 4) is 0 Å². The standard InChI is InChI=1S/C16H19ClN2OS/c1-10(2)16(15-5-4-8-21-15)19-12-6-7-14(13(17)9-12)18-11(3)20/h4-10,16,19H,1-3H3,(H,18,20). The van der Waals surface area contributed by atoms with Gasteiger partial charge in [0.15, 0.2) is 0 Å². The Balaban J connectivity index is 2.18. The number of amides is 1. The first-order valence-corrected chi connectivity index (χ1v) is 8.10. The molecule has 5 heteroatoms. The van der Waals surface area contributed by atoms with Crippen LogP contribution < -0.4 is 10.6 Å². The molecule has 21 heavy (non-hydrogen) atoms. The van der Waals surface area contributed by atoms with Gasteiger partial charge in [-0.2, -0.15) is 0 Å². The first-order valence-electron chi connectivity index (χ1n) is 6.84. The van der Waals surface area contributed by atoms with Gasteiger partial charge in [-0.3, -0.25) is 4.79 Å². The molecule has 1 amide bonds. The maximum absolute atomic E-state index is 11.1. The third-order valence-corrected chi connectivity index (χ3v) is 4.39. The molecule has 0 fully saturated rings. The average Bonchev–Trinajstić information content (AvgIpc) is 2.91. The zero-order valence-electron chi connectivity index (χ0n) is 12.3. The van der Waals surface area contributed by atoms with Gasteiger partial charge in [-0.05, 0) is 35.6 Å². The molecule has 0 bridgehead atoms. The normalized spacial score (nSPS) is 12.2. The smallest absolute Gasteiger partial charge is 0.221 e. The van der Waals surface area contributed by atoms with Crippen LogP contribution in [0.15, 0.2) is 35.7 Å². The first kappa shape index (κ1) is 15.9. The predicted octanol–water partition coefficient (Wildman–Crippen LogP) is 5.17. The maximum Gasteiger partial charge on any atom is 0.221 e. The summed E-state index contributed by atoms with van der Waals surface area (Å²) < 4.78 is 0. The van der Waals surface area contributed by atoms with Crippen LogP contribution in [0.4, 0.5) is 11.4 Å². The Morgan fingerprint density at radius 2 is 2.05 bits per heavy atom. The van der Waals surface area contributed by atoms with Crippen molar-refractivity contribution in [1.82, 2.24) is 0 Å². The number of nitrogens with one attached hydrogen (secondary N) is 2. The minimum Gasteiger partial charge on any atom is -0.377 e. The molecule has 1 atom stereocenters. The van der Waals surface area contributed by atoms with Crippen molar-refractivity contribution in [2.75, 3.05) is 10.6 Å². The number of hydrogen-bond acceptors (Lipinski definition) is 3. The summed E-state index contributed by atoms with van der Waals surface area (Å²) in [5.74, 6) is 0.327. The number of benzene rings is 1. The fraction of sp³-hybridized carbons (Fsp3) is 0.312. The lowest BCUT2D eigenvalue weighted by Gasteiger charge is -2.23. The highest BCUT2D eigenvalue weighted by Gasteiger charge is 2.17. The summed E-state index contributed by atoms with van der Waals surface area (Å²) in [5.41, 5.74) is 1.58. The number of carbonyl (C=O) groups is 1. The molecule has 1 aromatic heterocycles. The molecule has 0 saturated carbocycles. The van der Waals surface area contributed by atoms with Crippen LogP contribution in [0.1, 0.15) is 31.7 Å². The first-order chi connectivity index (χ1) is 9.97. The second-order valence-corrected chi connectivity index (χ2v) is 6.64. The molecule has 2 rings (SSSR count). The Morgan fingerprint density at radius 1 is 1.29 bits per heavy atom. The fourth-order valence-corrected chi connectivity index (χ4v) is 3.29. The van der Waals surface area contributed by atoms with Crippen LogP contribution in [0.3, 0.4) is 0 Å². The Bertz CT molecular complexity index is 611. The van der Waals surface area contributed by atoms with Crippen molar-refractivity contribution in [2.24, 2.45) is 5.92 Å². The molecule has 2 N–H and O–H groups in total. The van der Waals surface area contributed by atoms with Crippen LogP contribution >= 0.6 is 22.9 Å². The summed E-state index contributed by atoms with van der Waals surface area (Å²) in [6.07, 6.45) is 0. The van der Waals surface area contributed by atoms with E-state index in [-0.39, 0.29) is 11.9 Å². The molecule has 0 aliphatic carbocycles. The number of halogens is 1. The lowest BCUT2D eigenvalue weighted by molar-refractivity contribution is -0.114. The van der Waals surface area contributed by atoms with Crippen LogP contribution in [0, 0.1) is 5.92 Å². The molecule has 1 unspecified atom stereocenters. The van der Waals surface area contributed by atoms with E-state index < -0.39 is 0 Å². The largest absolute Gasteiger partial charge is 0.377 e. The van der Waals surface area contributed by atoms with E-state index in [4.69, 9.17) is 11.6 Å². The van der Waals surface area contributed by atoms with Gasteiger partial charge in [0.05, 0.1) is 16.8 Å². The van der Waals surface area contributed by atoms with Crippen molar-refractivity contribution in [3.05, 3.63) is 45.6 Å². The van der Waals surface area contributed by atoms with Gasteiger partial charge in [-0.15, -0.1) is 11.3 Å². The molecule has 2 aromatic rings. The molecule has 112 valence electrons. The number of carbonyl (C=O) groups excluding carboxylic acids is 1. The Hall–Kier alpha value is -1.52. The molecule has 0 radical (unpaired) electrons. The van der Waals surface area contributed by atoms with Gasteiger partial charge >= 0.3 is 0 Å². The predicted molar refractivity (Wildman–Crippen MR) is 91.3 cm³/mol. The van der Waals surface area contributed by atoms with Crippen molar-refractivity contribution in [2.45, 2.75) is 26.8 Å². The number of thiophene rings is 1. The highest BCUT2D eigenvalue weighted by atomic mass is 35.5. The maximum atomic E-state index is 11.1. The highest BCUT2D eigenvalue weighted by molar-refractivity contribution is 7.10. The number of anilines is 2. The van der Waals surface area contributed by atoms with Crippen LogP contribution in [0.25, 0.3) is 0 Å². The van der Waals surface area contributed by atoms with Gasteiger partial charge in [-0.25, -0.2) is 0 Å². The van der Waals surface area contributed by atoms with Crippen molar-refractivity contribution < 1.29 is 4.79 Å². The third-order valence-electron chi connectivity index (χ3n) is 3.12. The summed E-state index contributed by atoms with van der Waals surface area (Å²) in [6.45, 7) is 5.84. The molecule has 0 aliphatic heterocycles. The zero-order chi connectivity index (χ0) is 15.4. The molecule has 1 aromatic carbocycles. The van der Waals surface area contributed by atoms with E-state index in [9.17, 15) is 4.79 Å². The second kappa shape index (κ2) is 6.96. The lowest BCUT2D eigenvalue weighted by atomic mass is 10.0. The quantitative estimate of drug-likeness (QED) is 0.797. The van der Waals surface area contributed by atoms with Gasteiger partial charge in [-0.1, -0.05) is 31.5 Å². The van der Waals surface area contributed by atoms with E-state index in [1.807, 2.05) is 18.2 Å². The summed E-state index contributed by atoms with van der Waals surface area (Å²) in [7, 11) is 0. The topological polar surface area (TPSA) is 41.1 Å². The van der Waals surface area contributed by atoms with Gasteiger partial charge in [0.2, 0.25) is 5.91 Å². The van der Waals surface area contributed by atoms with E-state index in [0.29, 0.717) is 16.6 Å². The highest BCUT2D eigenvalue weighted by Crippen LogP contribution is 2.32. The van der Waals surface area contributed by atoms with Gasteiger partial charge in [0, 0.05) is 17.5 Å². The fourth-order valence-electron chi connectivity index (χ4n) is 2.11. The van der Waals surface area contributed by atoms with E-state index in [1.165, 1.54) is 11.8 Å². The average molecular weight is 323 g/mol. The molecule has 1 heterocycles. The van der Waals surface area contributed by atoms with E-state index >= 15 is 0 Å². The molecule has 0 aliphatic rings. The minimum absolute atomic E-state index is 0.128. The van der Waals surface area contributed by atoms with Crippen LogP contribution in [-0.4, -0.2) is 5.91 Å². The van der Waals surface area contributed by atoms with Gasteiger partial charge in [0.25, 0.3) is 0 Å². The monoisotopic (exact) mass is 322 g/mol. The minimum atomic E-state index is -0.128. The van der Waals surface area contributed by atoms with E-state index in [1.54, 1.807) is 11.3 Å². The summed E-state index contributed by atoms with van der Waals surface area (Å²) >= 11 is 7.95. The van der Waals surface area contributed by atoms with Crippen LogP contribution in [0.2, 0.25) is 5.02 Å². The summed E-state index contributed by atoms with van der Waals surface area (Å²) in [5, 5.41) is 8.84. The molecule has 0 saturated heterocycles.